The van der Waals surface area contributed by atoms with Crippen molar-refractivity contribution in [2.75, 3.05) is 13.7 Å². The molecule has 0 aliphatic rings. The highest BCUT2D eigenvalue weighted by Gasteiger charge is 2.16. The molecule has 1 aromatic heterocycles. The average molecular weight is 328 g/mol. The van der Waals surface area contributed by atoms with Gasteiger partial charge in [0.15, 0.2) is 18.1 Å². The molecule has 0 fully saturated rings. The first-order chi connectivity index (χ1) is 11.4. The second kappa shape index (κ2) is 7.55. The van der Waals surface area contributed by atoms with E-state index in [1.165, 1.54) is 7.11 Å². The van der Waals surface area contributed by atoms with Gasteiger partial charge in [-0.1, -0.05) is 0 Å². The lowest BCUT2D eigenvalue weighted by atomic mass is 10.1. The molecule has 2 aromatic rings. The highest BCUT2D eigenvalue weighted by molar-refractivity contribution is 5.78. The Kier molecular flexibility index (Phi) is 5.48. The van der Waals surface area contributed by atoms with Crippen molar-refractivity contribution in [1.82, 2.24) is 5.32 Å². The number of aryl methyl sites for hydroxylation is 2. The van der Waals surface area contributed by atoms with Crippen molar-refractivity contribution in [2.45, 2.75) is 26.8 Å². The summed E-state index contributed by atoms with van der Waals surface area (Å²) in [5, 5.41) is 11.7. The lowest BCUT2D eigenvalue weighted by Crippen LogP contribution is -2.31. The molecule has 24 heavy (non-hydrogen) atoms. The van der Waals surface area contributed by atoms with Crippen LogP contribution in [0.2, 0.25) is 0 Å². The van der Waals surface area contributed by atoms with Gasteiger partial charge in [0, 0.05) is 11.6 Å². The van der Waals surface area contributed by atoms with Gasteiger partial charge in [-0.25, -0.2) is 0 Å². The zero-order valence-corrected chi connectivity index (χ0v) is 14.2. The average Bonchev–Trinajstić information content (AvgIpc) is 2.91. The minimum atomic E-state index is -0.257. The second-order valence-electron chi connectivity index (χ2n) is 5.42. The standard InChI is InChI=1S/C18H20N2O4/c1-11-7-15(13(3)24-11)12(2)20-18(21)10-23-16-6-5-14(9-19)8-17(16)22-4/h5-8,12H,10H2,1-4H3,(H,20,21)/t12-/m0/s1. The van der Waals surface area contributed by atoms with Crippen LogP contribution >= 0.6 is 0 Å². The zero-order valence-electron chi connectivity index (χ0n) is 14.2. The summed E-state index contributed by atoms with van der Waals surface area (Å²) in [7, 11) is 1.48. The third kappa shape index (κ3) is 4.07. The highest BCUT2D eigenvalue weighted by Crippen LogP contribution is 2.27. The Hall–Kier alpha value is -2.94. The van der Waals surface area contributed by atoms with Crippen LogP contribution in [0.4, 0.5) is 0 Å². The Morgan fingerprint density at radius 2 is 2.08 bits per heavy atom. The van der Waals surface area contributed by atoms with E-state index in [1.54, 1.807) is 18.2 Å². The summed E-state index contributed by atoms with van der Waals surface area (Å²) in [6.07, 6.45) is 0. The van der Waals surface area contributed by atoms with Gasteiger partial charge in [0.2, 0.25) is 0 Å². The molecule has 1 heterocycles. The number of furan rings is 1. The normalized spacial score (nSPS) is 11.5. The molecule has 0 bridgehead atoms. The van der Waals surface area contributed by atoms with E-state index in [2.05, 4.69) is 5.32 Å². The molecule has 0 saturated heterocycles. The van der Waals surface area contributed by atoms with Gasteiger partial charge in [0.1, 0.15) is 11.5 Å². The van der Waals surface area contributed by atoms with Crippen LogP contribution in [0.5, 0.6) is 11.5 Å². The van der Waals surface area contributed by atoms with Gasteiger partial charge < -0.3 is 19.2 Å². The maximum atomic E-state index is 12.1. The van der Waals surface area contributed by atoms with E-state index < -0.39 is 0 Å². The Balaban J connectivity index is 1.96. The third-order valence-corrected chi connectivity index (χ3v) is 3.57. The van der Waals surface area contributed by atoms with Gasteiger partial charge in [0.05, 0.1) is 24.8 Å². The van der Waals surface area contributed by atoms with E-state index in [-0.39, 0.29) is 18.6 Å². The number of hydrogen-bond donors (Lipinski definition) is 1. The lowest BCUT2D eigenvalue weighted by molar-refractivity contribution is -0.123. The van der Waals surface area contributed by atoms with Crippen molar-refractivity contribution < 1.29 is 18.7 Å². The number of benzene rings is 1. The number of carbonyl (C=O) groups excluding carboxylic acids is 1. The molecule has 0 unspecified atom stereocenters. The fourth-order valence-corrected chi connectivity index (χ4v) is 2.44. The zero-order chi connectivity index (χ0) is 17.7. The Bertz CT molecular complexity index is 774. The molecule has 6 nitrogen and oxygen atoms in total. The minimum Gasteiger partial charge on any atom is -0.493 e. The summed E-state index contributed by atoms with van der Waals surface area (Å²) in [4.78, 5) is 12.1. The molecule has 2 rings (SSSR count). The molecule has 0 aliphatic carbocycles. The minimum absolute atomic E-state index is 0.150. The van der Waals surface area contributed by atoms with Gasteiger partial charge in [-0.2, -0.15) is 5.26 Å². The van der Waals surface area contributed by atoms with Crippen molar-refractivity contribution in [2.24, 2.45) is 0 Å². The number of ether oxygens (including phenoxy) is 2. The molecule has 0 radical (unpaired) electrons. The van der Waals surface area contributed by atoms with E-state index >= 15 is 0 Å². The van der Waals surface area contributed by atoms with Crippen LogP contribution in [0.15, 0.2) is 28.7 Å². The molecule has 1 amide bonds. The maximum Gasteiger partial charge on any atom is 0.258 e. The van der Waals surface area contributed by atoms with Gasteiger partial charge in [-0.05, 0) is 39.0 Å². The summed E-state index contributed by atoms with van der Waals surface area (Å²) in [5.74, 6) is 2.16. The third-order valence-electron chi connectivity index (χ3n) is 3.57. The first kappa shape index (κ1) is 17.4. The number of amides is 1. The quantitative estimate of drug-likeness (QED) is 0.881. The van der Waals surface area contributed by atoms with Gasteiger partial charge in [-0.15, -0.1) is 0 Å². The molecule has 0 spiro atoms. The monoisotopic (exact) mass is 328 g/mol. The maximum absolute atomic E-state index is 12.1. The van der Waals surface area contributed by atoms with E-state index in [1.807, 2.05) is 32.9 Å². The number of carbonyl (C=O) groups is 1. The van der Waals surface area contributed by atoms with Gasteiger partial charge in [0.25, 0.3) is 5.91 Å². The number of nitrogens with one attached hydrogen (secondary N) is 1. The predicted octanol–water partition coefficient (Wildman–Crippen LogP) is 3.03. The molecule has 6 heteroatoms. The van der Waals surface area contributed by atoms with Crippen LogP contribution in [-0.2, 0) is 4.79 Å². The predicted molar refractivity (Wildman–Crippen MR) is 87.9 cm³/mol. The van der Waals surface area contributed by atoms with Gasteiger partial charge in [-0.3, -0.25) is 4.79 Å². The topological polar surface area (TPSA) is 84.5 Å². The highest BCUT2D eigenvalue weighted by atomic mass is 16.5. The van der Waals surface area contributed by atoms with Crippen LogP contribution in [0.3, 0.4) is 0 Å². The van der Waals surface area contributed by atoms with E-state index in [0.29, 0.717) is 17.1 Å². The largest absolute Gasteiger partial charge is 0.493 e. The van der Waals surface area contributed by atoms with E-state index in [0.717, 1.165) is 17.1 Å². The molecule has 1 atom stereocenters. The molecule has 0 aliphatic heterocycles. The fourth-order valence-electron chi connectivity index (χ4n) is 2.44. The van der Waals surface area contributed by atoms with Crippen LogP contribution in [0.1, 0.15) is 35.6 Å². The van der Waals surface area contributed by atoms with E-state index in [9.17, 15) is 4.79 Å². The number of methoxy groups -OCH3 is 1. The lowest BCUT2D eigenvalue weighted by Gasteiger charge is -2.14. The molecule has 0 saturated carbocycles. The smallest absolute Gasteiger partial charge is 0.258 e. The number of rotatable bonds is 6. The number of nitrogens with zero attached hydrogens (tertiary/aromatic N) is 1. The molecule has 1 N–H and O–H groups in total. The first-order valence-electron chi connectivity index (χ1n) is 7.51. The van der Waals surface area contributed by atoms with Crippen LogP contribution < -0.4 is 14.8 Å². The summed E-state index contributed by atoms with van der Waals surface area (Å²) in [6.45, 7) is 5.47. The van der Waals surface area contributed by atoms with E-state index in [4.69, 9.17) is 19.2 Å². The number of hydrogen-bond acceptors (Lipinski definition) is 5. The molecule has 1 aromatic carbocycles. The number of nitriles is 1. The summed E-state index contributed by atoms with van der Waals surface area (Å²) in [6, 6.07) is 8.53. The summed E-state index contributed by atoms with van der Waals surface area (Å²) in [5.41, 5.74) is 1.40. The SMILES string of the molecule is COc1cc(C#N)ccc1OCC(=O)N[C@@H](C)c1cc(C)oc1C. The summed E-state index contributed by atoms with van der Waals surface area (Å²) < 4.78 is 16.1. The van der Waals surface area contributed by atoms with Crippen molar-refractivity contribution in [3.63, 3.8) is 0 Å². The Morgan fingerprint density at radius 1 is 1.33 bits per heavy atom. The van der Waals surface area contributed by atoms with Gasteiger partial charge >= 0.3 is 0 Å². The van der Waals surface area contributed by atoms with Crippen molar-refractivity contribution in [1.29, 1.82) is 5.26 Å². The first-order valence-corrected chi connectivity index (χ1v) is 7.51. The van der Waals surface area contributed by atoms with Crippen molar-refractivity contribution in [3.8, 4) is 17.6 Å². The van der Waals surface area contributed by atoms with Crippen molar-refractivity contribution in [3.05, 3.63) is 46.9 Å². The fraction of sp³-hybridized carbons (Fsp3) is 0.333. The Morgan fingerprint density at radius 3 is 2.67 bits per heavy atom. The Labute approximate surface area is 141 Å². The van der Waals surface area contributed by atoms with Crippen LogP contribution in [0, 0.1) is 25.2 Å². The van der Waals surface area contributed by atoms with Crippen molar-refractivity contribution >= 4 is 5.91 Å². The second-order valence-corrected chi connectivity index (χ2v) is 5.42. The molecular weight excluding hydrogens is 308 g/mol. The molecule has 126 valence electrons. The van der Waals surface area contributed by atoms with Crippen LogP contribution in [0.25, 0.3) is 0 Å². The summed E-state index contributed by atoms with van der Waals surface area (Å²) >= 11 is 0. The molecular formula is C18H20N2O4. The van der Waals surface area contributed by atoms with Crippen LogP contribution in [-0.4, -0.2) is 19.6 Å².